The molecule has 1 aromatic carbocycles. The number of hydrazine groups is 1. The third-order valence-corrected chi connectivity index (χ3v) is 2.50. The summed E-state index contributed by atoms with van der Waals surface area (Å²) in [5.74, 6) is 3.98. The number of aliphatic carboxylic acids is 2. The van der Waals surface area contributed by atoms with E-state index >= 15 is 0 Å². The zero-order chi connectivity index (χ0) is 17.0. The molecule has 0 aromatic heterocycles. The molecule has 0 aliphatic rings. The van der Waals surface area contributed by atoms with Gasteiger partial charge in [-0.15, -0.1) is 0 Å². The zero-order valence-corrected chi connectivity index (χ0v) is 13.0. The van der Waals surface area contributed by atoms with Gasteiger partial charge in [-0.3, -0.25) is 5.84 Å². The van der Waals surface area contributed by atoms with Gasteiger partial charge in [0.1, 0.15) is 0 Å². The van der Waals surface area contributed by atoms with Crippen molar-refractivity contribution >= 4 is 11.9 Å². The number of carboxylic acid groups (broad SMARTS) is 2. The predicted molar refractivity (Wildman–Crippen MR) is 85.2 cm³/mol. The maximum atomic E-state index is 9.55. The van der Waals surface area contributed by atoms with Crippen LogP contribution in [0.1, 0.15) is 19.4 Å². The smallest absolute Gasteiger partial charge is 0.328 e. The maximum Gasteiger partial charge on any atom is 0.328 e. The van der Waals surface area contributed by atoms with Crippen LogP contribution in [0.25, 0.3) is 0 Å². The van der Waals surface area contributed by atoms with Crippen LogP contribution in [0, 0.1) is 5.92 Å². The van der Waals surface area contributed by atoms with E-state index in [0.29, 0.717) is 18.1 Å². The highest BCUT2D eigenvalue weighted by Gasteiger charge is 2.01. The normalized spacial score (nSPS) is 10.6. The summed E-state index contributed by atoms with van der Waals surface area (Å²) < 4.78 is 0. The Bertz CT molecular complexity index is 456. The number of rotatable bonds is 7. The van der Waals surface area contributed by atoms with E-state index in [9.17, 15) is 9.59 Å². The number of carbonyl (C=O) groups is 2. The Hall–Kier alpha value is -2.18. The van der Waals surface area contributed by atoms with E-state index in [1.807, 2.05) is 11.1 Å². The molecule has 0 saturated carbocycles. The molecule has 1 rings (SSSR count). The fourth-order valence-electron chi connectivity index (χ4n) is 1.62. The molecule has 6 nitrogen and oxygen atoms in total. The number of nitrogens with two attached hydrogens (primary N) is 1. The summed E-state index contributed by atoms with van der Waals surface area (Å²) in [5.41, 5.74) is 1.35. The molecule has 0 aliphatic heterocycles. The monoisotopic (exact) mass is 308 g/mol. The van der Waals surface area contributed by atoms with Crippen LogP contribution in [-0.2, 0) is 16.0 Å². The maximum absolute atomic E-state index is 9.55. The molecule has 4 N–H and O–H groups in total. The lowest BCUT2D eigenvalue weighted by Crippen LogP contribution is -2.36. The van der Waals surface area contributed by atoms with Crippen LogP contribution in [0.2, 0.25) is 0 Å². The van der Waals surface area contributed by atoms with E-state index in [1.165, 1.54) is 5.56 Å². The van der Waals surface area contributed by atoms with Gasteiger partial charge in [0.05, 0.1) is 0 Å². The van der Waals surface area contributed by atoms with Crippen molar-refractivity contribution in [2.45, 2.75) is 20.3 Å². The Morgan fingerprint density at radius 1 is 1.14 bits per heavy atom. The number of hydrogen-bond donors (Lipinski definition) is 3. The van der Waals surface area contributed by atoms with Gasteiger partial charge in [-0.2, -0.15) is 0 Å². The lowest BCUT2D eigenvalue weighted by atomic mass is 10.1. The Balaban J connectivity index is 0.000000472. The molecular weight excluding hydrogens is 284 g/mol. The van der Waals surface area contributed by atoms with Crippen LogP contribution in [0.5, 0.6) is 0 Å². The first kappa shape index (κ1) is 19.8. The highest BCUT2D eigenvalue weighted by Crippen LogP contribution is 2.01. The van der Waals surface area contributed by atoms with Crippen LogP contribution < -0.4 is 5.84 Å². The van der Waals surface area contributed by atoms with Gasteiger partial charge >= 0.3 is 11.9 Å². The second kappa shape index (κ2) is 11.5. The first-order valence-electron chi connectivity index (χ1n) is 6.98. The third-order valence-electron chi connectivity index (χ3n) is 2.50. The van der Waals surface area contributed by atoms with Crippen LogP contribution in [0.4, 0.5) is 0 Å². The van der Waals surface area contributed by atoms with Gasteiger partial charge in [-0.1, -0.05) is 44.2 Å². The molecule has 0 fully saturated rings. The van der Waals surface area contributed by atoms with Gasteiger partial charge in [0.15, 0.2) is 0 Å². The quantitative estimate of drug-likeness (QED) is 0.403. The molecule has 0 atom stereocenters. The SMILES string of the molecule is CC(C)CN(N)CCc1ccccc1.O=C(O)/C=C\C(=O)O. The van der Waals surface area contributed by atoms with E-state index in [0.717, 1.165) is 19.5 Å². The molecule has 0 amide bonds. The topological polar surface area (TPSA) is 104 Å². The van der Waals surface area contributed by atoms with E-state index in [2.05, 4.69) is 38.1 Å². The molecule has 22 heavy (non-hydrogen) atoms. The van der Waals surface area contributed by atoms with E-state index < -0.39 is 11.9 Å². The second-order valence-corrected chi connectivity index (χ2v) is 5.13. The van der Waals surface area contributed by atoms with Crippen molar-refractivity contribution in [1.29, 1.82) is 0 Å². The van der Waals surface area contributed by atoms with Gasteiger partial charge in [-0.25, -0.2) is 14.6 Å². The average molecular weight is 308 g/mol. The highest BCUT2D eigenvalue weighted by atomic mass is 16.4. The number of carboxylic acids is 2. The van der Waals surface area contributed by atoms with Crippen molar-refractivity contribution in [1.82, 2.24) is 5.01 Å². The molecule has 0 radical (unpaired) electrons. The highest BCUT2D eigenvalue weighted by molar-refractivity contribution is 5.89. The molecule has 6 heteroatoms. The fraction of sp³-hybridized carbons (Fsp3) is 0.375. The van der Waals surface area contributed by atoms with Crippen LogP contribution in [0.3, 0.4) is 0 Å². The van der Waals surface area contributed by atoms with E-state index in [4.69, 9.17) is 16.1 Å². The first-order valence-corrected chi connectivity index (χ1v) is 6.98. The molecule has 0 heterocycles. The zero-order valence-electron chi connectivity index (χ0n) is 13.0. The lowest BCUT2D eigenvalue weighted by Gasteiger charge is -2.18. The minimum absolute atomic E-state index is 0.558. The Kier molecular flexibility index (Phi) is 10.3. The van der Waals surface area contributed by atoms with Crippen molar-refractivity contribution < 1.29 is 19.8 Å². The Morgan fingerprint density at radius 3 is 2.05 bits per heavy atom. The predicted octanol–water partition coefficient (Wildman–Crippen LogP) is 1.77. The van der Waals surface area contributed by atoms with Gasteiger partial charge in [-0.05, 0) is 17.9 Å². The first-order chi connectivity index (χ1) is 10.3. The number of hydrogen-bond acceptors (Lipinski definition) is 4. The van der Waals surface area contributed by atoms with Crippen LogP contribution in [0.15, 0.2) is 42.5 Å². The van der Waals surface area contributed by atoms with Crippen molar-refractivity contribution in [3.63, 3.8) is 0 Å². The molecule has 122 valence electrons. The average Bonchev–Trinajstić information content (AvgIpc) is 2.44. The van der Waals surface area contributed by atoms with Crippen molar-refractivity contribution in [2.75, 3.05) is 13.1 Å². The Labute approximate surface area is 130 Å². The minimum atomic E-state index is -1.26. The van der Waals surface area contributed by atoms with Crippen LogP contribution in [-0.4, -0.2) is 40.3 Å². The molecule has 0 aliphatic carbocycles. The van der Waals surface area contributed by atoms with Crippen molar-refractivity contribution in [2.24, 2.45) is 11.8 Å². The largest absolute Gasteiger partial charge is 0.478 e. The number of benzene rings is 1. The Morgan fingerprint density at radius 2 is 1.64 bits per heavy atom. The molecule has 0 bridgehead atoms. The van der Waals surface area contributed by atoms with Gasteiger partial charge in [0.25, 0.3) is 0 Å². The molecule has 1 aromatic rings. The van der Waals surface area contributed by atoms with E-state index in [-0.39, 0.29) is 0 Å². The third kappa shape index (κ3) is 12.8. The van der Waals surface area contributed by atoms with Crippen LogP contribution >= 0.6 is 0 Å². The lowest BCUT2D eigenvalue weighted by molar-refractivity contribution is -0.134. The molecular formula is C16H24N2O4. The summed E-state index contributed by atoms with van der Waals surface area (Å²) >= 11 is 0. The summed E-state index contributed by atoms with van der Waals surface area (Å²) in [5, 5.41) is 17.5. The summed E-state index contributed by atoms with van der Waals surface area (Å²) in [7, 11) is 0. The second-order valence-electron chi connectivity index (χ2n) is 5.13. The standard InChI is InChI=1S/C12H20N2.C4H4O4/c1-11(2)10-14(13)9-8-12-6-4-3-5-7-12;5-3(6)1-2-4(7)8/h3-7,11H,8-10,13H2,1-2H3;1-2H,(H,5,6)(H,7,8)/b;2-1-. The van der Waals surface area contributed by atoms with Gasteiger partial charge in [0, 0.05) is 25.2 Å². The summed E-state index contributed by atoms with van der Waals surface area (Å²) in [6, 6.07) is 10.5. The fourth-order valence-corrected chi connectivity index (χ4v) is 1.62. The molecule has 0 saturated heterocycles. The van der Waals surface area contributed by atoms with E-state index in [1.54, 1.807) is 0 Å². The van der Waals surface area contributed by atoms with Crippen molar-refractivity contribution in [3.8, 4) is 0 Å². The summed E-state index contributed by atoms with van der Waals surface area (Å²) in [6.45, 7) is 6.26. The van der Waals surface area contributed by atoms with Crippen molar-refractivity contribution in [3.05, 3.63) is 48.0 Å². The van der Waals surface area contributed by atoms with Gasteiger partial charge < -0.3 is 10.2 Å². The summed E-state index contributed by atoms with van der Waals surface area (Å²) in [4.78, 5) is 19.1. The summed E-state index contributed by atoms with van der Waals surface area (Å²) in [6.07, 6.45) is 2.15. The number of nitrogens with zero attached hydrogens (tertiary/aromatic N) is 1. The molecule has 0 unspecified atom stereocenters. The molecule has 0 spiro atoms. The minimum Gasteiger partial charge on any atom is -0.478 e. The van der Waals surface area contributed by atoms with Gasteiger partial charge in [0.2, 0.25) is 0 Å².